The van der Waals surface area contributed by atoms with E-state index in [9.17, 15) is 9.59 Å². The molecule has 2 atom stereocenters. The van der Waals surface area contributed by atoms with Gasteiger partial charge in [0.05, 0.1) is 25.4 Å². The lowest BCUT2D eigenvalue weighted by atomic mass is 9.82. The van der Waals surface area contributed by atoms with Crippen LogP contribution in [0.3, 0.4) is 0 Å². The molecule has 0 aromatic carbocycles. The summed E-state index contributed by atoms with van der Waals surface area (Å²) >= 11 is 0. The van der Waals surface area contributed by atoms with Crippen LogP contribution >= 0.6 is 0 Å². The molecular weight excluding hydrogens is 276 g/mol. The van der Waals surface area contributed by atoms with Gasteiger partial charge in [0.15, 0.2) is 0 Å². The largest absolute Gasteiger partial charge is 0.468 e. The van der Waals surface area contributed by atoms with E-state index in [0.717, 1.165) is 0 Å². The molecule has 1 aliphatic rings. The van der Waals surface area contributed by atoms with Gasteiger partial charge in [0, 0.05) is 0 Å². The molecular formula is C15H22O6. The highest BCUT2D eigenvalue weighted by Crippen LogP contribution is 2.32. The first kappa shape index (κ1) is 17.4. The fourth-order valence-electron chi connectivity index (χ4n) is 1.76. The fraction of sp³-hybridized carbons (Fsp3) is 0.600. The van der Waals surface area contributed by atoms with Gasteiger partial charge >= 0.3 is 11.9 Å². The molecule has 0 aromatic rings. The molecule has 0 heterocycles. The number of hydrogen-bond donors (Lipinski definition) is 0. The third kappa shape index (κ3) is 4.41. The monoisotopic (exact) mass is 298 g/mol. The Morgan fingerprint density at radius 1 is 1.19 bits per heavy atom. The van der Waals surface area contributed by atoms with E-state index in [0.29, 0.717) is 0 Å². The van der Waals surface area contributed by atoms with Crippen LogP contribution in [0.5, 0.6) is 0 Å². The van der Waals surface area contributed by atoms with Crippen molar-refractivity contribution >= 4 is 11.9 Å². The van der Waals surface area contributed by atoms with Crippen LogP contribution in [0.2, 0.25) is 0 Å². The zero-order valence-electron chi connectivity index (χ0n) is 13.3. The van der Waals surface area contributed by atoms with Crippen LogP contribution in [-0.4, -0.2) is 37.9 Å². The third-order valence-electron chi connectivity index (χ3n) is 2.83. The molecule has 6 heteroatoms. The lowest BCUT2D eigenvalue weighted by molar-refractivity contribution is -0.358. The maximum atomic E-state index is 11.9. The van der Waals surface area contributed by atoms with Crippen molar-refractivity contribution in [3.8, 4) is 0 Å². The summed E-state index contributed by atoms with van der Waals surface area (Å²) in [5.74, 6) is -1.06. The zero-order valence-corrected chi connectivity index (χ0v) is 13.3. The molecule has 0 saturated carbocycles. The van der Waals surface area contributed by atoms with E-state index in [-0.39, 0.29) is 5.57 Å². The second-order valence-electron chi connectivity index (χ2n) is 5.94. The van der Waals surface area contributed by atoms with Gasteiger partial charge in [-0.3, -0.25) is 4.79 Å². The minimum absolute atomic E-state index is 0.192. The zero-order chi connectivity index (χ0) is 16.3. The summed E-state index contributed by atoms with van der Waals surface area (Å²) in [5, 5.41) is 0. The average molecular weight is 298 g/mol. The molecule has 0 bridgehead atoms. The molecule has 0 aromatic heterocycles. The summed E-state index contributed by atoms with van der Waals surface area (Å²) in [5.41, 5.74) is -1.38. The Labute approximate surface area is 124 Å². The van der Waals surface area contributed by atoms with E-state index >= 15 is 0 Å². The molecule has 0 aliphatic heterocycles. The molecule has 6 nitrogen and oxygen atoms in total. The second kappa shape index (κ2) is 6.41. The molecule has 118 valence electrons. The van der Waals surface area contributed by atoms with E-state index in [4.69, 9.17) is 19.2 Å². The van der Waals surface area contributed by atoms with Crippen molar-refractivity contribution in [3.05, 3.63) is 23.8 Å². The van der Waals surface area contributed by atoms with Crippen molar-refractivity contribution in [2.45, 2.75) is 39.4 Å². The quantitative estimate of drug-likeness (QED) is 0.342. The maximum absolute atomic E-state index is 11.9. The number of ether oxygens (including phenoxy) is 2. The lowest BCUT2D eigenvalue weighted by Gasteiger charge is -2.28. The van der Waals surface area contributed by atoms with Crippen LogP contribution in [0.25, 0.3) is 0 Å². The Bertz CT molecular complexity index is 471. The van der Waals surface area contributed by atoms with Crippen LogP contribution in [0.4, 0.5) is 0 Å². The van der Waals surface area contributed by atoms with Gasteiger partial charge < -0.3 is 9.47 Å². The summed E-state index contributed by atoms with van der Waals surface area (Å²) in [6.45, 7) is 7.10. The first-order valence-electron chi connectivity index (χ1n) is 6.56. The molecule has 0 fully saturated rings. The summed E-state index contributed by atoms with van der Waals surface area (Å²) in [7, 11) is 2.55. The minimum Gasteiger partial charge on any atom is -0.468 e. The molecule has 0 radical (unpaired) electrons. The normalized spacial score (nSPS) is 25.2. The predicted octanol–water partition coefficient (Wildman–Crippen LogP) is 1.95. The van der Waals surface area contributed by atoms with E-state index < -0.39 is 29.1 Å². The van der Waals surface area contributed by atoms with Crippen LogP contribution in [0, 0.1) is 5.41 Å². The van der Waals surface area contributed by atoms with E-state index in [2.05, 4.69) is 0 Å². The van der Waals surface area contributed by atoms with Gasteiger partial charge in [-0.2, -0.15) is 0 Å². The molecule has 1 aliphatic carbocycles. The van der Waals surface area contributed by atoms with Crippen molar-refractivity contribution < 1.29 is 28.8 Å². The summed E-state index contributed by atoms with van der Waals surface area (Å²) in [6.07, 6.45) is 3.92. The third-order valence-corrected chi connectivity index (χ3v) is 2.83. The topological polar surface area (TPSA) is 71.1 Å². The molecule has 1 rings (SSSR count). The molecule has 0 N–H and O–H groups in total. The average Bonchev–Trinajstić information content (AvgIpc) is 2.43. The number of esters is 2. The first-order chi connectivity index (χ1) is 9.63. The number of hydrogen-bond acceptors (Lipinski definition) is 6. The molecule has 2 unspecified atom stereocenters. The Balaban J connectivity index is 3.03. The molecule has 0 amide bonds. The van der Waals surface area contributed by atoms with E-state index in [1.165, 1.54) is 20.3 Å². The van der Waals surface area contributed by atoms with Crippen molar-refractivity contribution in [1.82, 2.24) is 0 Å². The second-order valence-corrected chi connectivity index (χ2v) is 5.94. The highest BCUT2D eigenvalue weighted by Gasteiger charge is 2.37. The number of methoxy groups -OCH3 is 2. The summed E-state index contributed by atoms with van der Waals surface area (Å²) in [6, 6.07) is 0. The maximum Gasteiger partial charge on any atom is 0.336 e. The van der Waals surface area contributed by atoms with Gasteiger partial charge in [-0.05, 0) is 27.7 Å². The van der Waals surface area contributed by atoms with Crippen LogP contribution in [-0.2, 0) is 28.8 Å². The van der Waals surface area contributed by atoms with Crippen LogP contribution in [0.1, 0.15) is 27.7 Å². The molecule has 0 saturated heterocycles. The summed E-state index contributed by atoms with van der Waals surface area (Å²) in [4.78, 5) is 34.2. The highest BCUT2D eigenvalue weighted by molar-refractivity contribution is 5.93. The van der Waals surface area contributed by atoms with Crippen molar-refractivity contribution in [2.24, 2.45) is 5.41 Å². The van der Waals surface area contributed by atoms with E-state index in [1.807, 2.05) is 20.8 Å². The SMILES string of the molecule is COC(=O)C1=CC(C)(C(=O)OC)C=CC1OOC(C)(C)C. The van der Waals surface area contributed by atoms with Crippen LogP contribution in [0.15, 0.2) is 23.8 Å². The fourth-order valence-corrected chi connectivity index (χ4v) is 1.76. The first-order valence-corrected chi connectivity index (χ1v) is 6.56. The highest BCUT2D eigenvalue weighted by atomic mass is 17.2. The van der Waals surface area contributed by atoms with Gasteiger partial charge in [-0.15, -0.1) is 0 Å². The Hall–Kier alpha value is -1.66. The number of carbonyl (C=O) groups is 2. The smallest absolute Gasteiger partial charge is 0.336 e. The van der Waals surface area contributed by atoms with Gasteiger partial charge in [-0.1, -0.05) is 18.2 Å². The standard InChI is InChI=1S/C15H22O6/c1-14(2,3)21-20-11-7-8-15(4,13(17)19-6)9-10(11)12(16)18-5/h7-9,11H,1-6H3. The predicted molar refractivity (Wildman–Crippen MR) is 75.1 cm³/mol. The Morgan fingerprint density at radius 2 is 1.81 bits per heavy atom. The van der Waals surface area contributed by atoms with Crippen molar-refractivity contribution in [1.29, 1.82) is 0 Å². The molecule has 21 heavy (non-hydrogen) atoms. The van der Waals surface area contributed by atoms with Gasteiger partial charge in [0.25, 0.3) is 0 Å². The van der Waals surface area contributed by atoms with Crippen molar-refractivity contribution in [3.63, 3.8) is 0 Å². The Kier molecular flexibility index (Phi) is 5.31. The van der Waals surface area contributed by atoms with Gasteiger partial charge in [0.2, 0.25) is 0 Å². The number of carbonyl (C=O) groups excluding carboxylic acids is 2. The lowest BCUT2D eigenvalue weighted by Crippen LogP contribution is -2.34. The van der Waals surface area contributed by atoms with Gasteiger partial charge in [0.1, 0.15) is 11.5 Å². The number of rotatable bonds is 4. The summed E-state index contributed by atoms with van der Waals surface area (Å²) < 4.78 is 9.47. The molecule has 0 spiro atoms. The van der Waals surface area contributed by atoms with Gasteiger partial charge in [-0.25, -0.2) is 14.6 Å². The van der Waals surface area contributed by atoms with Crippen molar-refractivity contribution in [2.75, 3.05) is 14.2 Å². The van der Waals surface area contributed by atoms with E-state index in [1.54, 1.807) is 19.1 Å². The van der Waals surface area contributed by atoms with Crippen LogP contribution < -0.4 is 0 Å². The Morgan fingerprint density at radius 3 is 2.29 bits per heavy atom. The minimum atomic E-state index is -1.04.